The fourth-order valence-electron chi connectivity index (χ4n) is 1.87. The maximum absolute atomic E-state index is 12.0. The molecule has 0 saturated heterocycles. The summed E-state index contributed by atoms with van der Waals surface area (Å²) in [5.74, 6) is 0.706. The van der Waals surface area contributed by atoms with Crippen LogP contribution < -0.4 is 0 Å². The zero-order valence-electron chi connectivity index (χ0n) is 10.8. The molecule has 3 nitrogen and oxygen atoms in total. The summed E-state index contributed by atoms with van der Waals surface area (Å²) in [6.07, 6.45) is 2.84. The Morgan fingerprint density at radius 3 is 2.00 bits per heavy atom. The van der Waals surface area contributed by atoms with Crippen LogP contribution in [0.4, 0.5) is 0 Å². The number of aliphatic hydroxyl groups is 1. The van der Waals surface area contributed by atoms with Crippen molar-refractivity contribution in [3.05, 3.63) is 0 Å². The van der Waals surface area contributed by atoms with Gasteiger partial charge >= 0.3 is 0 Å². The van der Waals surface area contributed by atoms with Crippen LogP contribution in [0.1, 0.15) is 47.0 Å². The molecular formula is C12H24O3S. The Bertz CT molecular complexity index is 336. The van der Waals surface area contributed by atoms with E-state index >= 15 is 0 Å². The fraction of sp³-hybridized carbons (Fsp3) is 1.00. The number of hydrogen-bond acceptors (Lipinski definition) is 3. The first kappa shape index (κ1) is 14.0. The Hall–Kier alpha value is -0.0900. The Labute approximate surface area is 99.2 Å². The highest BCUT2D eigenvalue weighted by molar-refractivity contribution is 7.92. The van der Waals surface area contributed by atoms with Crippen molar-refractivity contribution in [3.63, 3.8) is 0 Å². The molecule has 4 heteroatoms. The molecule has 16 heavy (non-hydrogen) atoms. The van der Waals surface area contributed by atoms with Crippen LogP contribution in [0.5, 0.6) is 0 Å². The van der Waals surface area contributed by atoms with Crippen LogP contribution in [-0.4, -0.2) is 30.6 Å². The van der Waals surface area contributed by atoms with E-state index in [9.17, 15) is 13.5 Å². The summed E-state index contributed by atoms with van der Waals surface area (Å²) in [6.45, 7) is 7.29. The monoisotopic (exact) mass is 248 g/mol. The number of hydrogen-bond donors (Lipinski definition) is 1. The van der Waals surface area contributed by atoms with Crippen molar-refractivity contribution in [2.45, 2.75) is 51.7 Å². The van der Waals surface area contributed by atoms with E-state index in [0.717, 1.165) is 12.8 Å². The normalized spacial score (nSPS) is 21.8. The summed E-state index contributed by atoms with van der Waals surface area (Å²) >= 11 is 0. The third-order valence-electron chi connectivity index (χ3n) is 3.80. The van der Waals surface area contributed by atoms with Gasteiger partial charge in [0.15, 0.2) is 9.84 Å². The predicted octanol–water partition coefficient (Wildman–Crippen LogP) is 2.00. The Morgan fingerprint density at radius 1 is 1.19 bits per heavy atom. The summed E-state index contributed by atoms with van der Waals surface area (Å²) in [6, 6.07) is 0. The van der Waals surface area contributed by atoms with E-state index in [-0.39, 0.29) is 17.8 Å². The lowest BCUT2D eigenvalue weighted by molar-refractivity contribution is 0.116. The second-order valence-electron chi connectivity index (χ2n) is 6.27. The molecule has 1 rings (SSSR count). The van der Waals surface area contributed by atoms with Crippen molar-refractivity contribution in [3.8, 4) is 0 Å². The standard InChI is InChI=1S/C12H24O3S/c1-11(2,3)16(14,15)8-7-12(4,9-13)10-5-6-10/h10,13H,5-9H2,1-4H3. The molecule has 0 bridgehead atoms. The molecule has 1 aliphatic rings. The fourth-order valence-corrected chi connectivity index (χ4v) is 3.21. The van der Waals surface area contributed by atoms with Crippen molar-refractivity contribution in [2.24, 2.45) is 11.3 Å². The van der Waals surface area contributed by atoms with Crippen molar-refractivity contribution < 1.29 is 13.5 Å². The van der Waals surface area contributed by atoms with E-state index in [1.54, 1.807) is 20.8 Å². The van der Waals surface area contributed by atoms with E-state index in [1.807, 2.05) is 6.92 Å². The molecular weight excluding hydrogens is 224 g/mol. The topological polar surface area (TPSA) is 54.4 Å². The van der Waals surface area contributed by atoms with E-state index in [1.165, 1.54) is 0 Å². The molecule has 0 aromatic rings. The minimum atomic E-state index is -3.06. The van der Waals surface area contributed by atoms with Crippen LogP contribution in [-0.2, 0) is 9.84 Å². The van der Waals surface area contributed by atoms with Gasteiger partial charge in [0, 0.05) is 6.61 Å². The summed E-state index contributed by atoms with van der Waals surface area (Å²) < 4.78 is 23.3. The largest absolute Gasteiger partial charge is 0.396 e. The Balaban J connectivity index is 2.63. The molecule has 0 heterocycles. The molecule has 1 N–H and O–H groups in total. The van der Waals surface area contributed by atoms with Crippen molar-refractivity contribution in [1.29, 1.82) is 0 Å². The lowest BCUT2D eigenvalue weighted by atomic mass is 9.83. The number of rotatable bonds is 5. The lowest BCUT2D eigenvalue weighted by Crippen LogP contribution is -2.34. The SMILES string of the molecule is CC(CO)(CCS(=O)(=O)C(C)(C)C)C1CC1. The smallest absolute Gasteiger partial charge is 0.155 e. The first-order valence-electron chi connectivity index (χ1n) is 5.95. The van der Waals surface area contributed by atoms with Gasteiger partial charge in [-0.15, -0.1) is 0 Å². The van der Waals surface area contributed by atoms with Crippen LogP contribution in [0.2, 0.25) is 0 Å². The average molecular weight is 248 g/mol. The zero-order chi connectivity index (χ0) is 12.6. The maximum atomic E-state index is 12.0. The number of aliphatic hydroxyl groups excluding tert-OH is 1. The first-order valence-corrected chi connectivity index (χ1v) is 7.61. The molecule has 0 radical (unpaired) electrons. The molecule has 0 amide bonds. The molecule has 1 aliphatic carbocycles. The van der Waals surface area contributed by atoms with Crippen LogP contribution >= 0.6 is 0 Å². The molecule has 1 unspecified atom stereocenters. The second-order valence-corrected chi connectivity index (χ2v) is 9.13. The van der Waals surface area contributed by atoms with Gasteiger partial charge in [-0.05, 0) is 51.4 Å². The molecule has 0 aliphatic heterocycles. The van der Waals surface area contributed by atoms with Gasteiger partial charge in [0.2, 0.25) is 0 Å². The third-order valence-corrected chi connectivity index (χ3v) is 6.41. The van der Waals surface area contributed by atoms with Crippen LogP contribution in [0.15, 0.2) is 0 Å². The molecule has 0 aromatic carbocycles. The molecule has 1 fully saturated rings. The highest BCUT2D eigenvalue weighted by Crippen LogP contribution is 2.47. The van der Waals surface area contributed by atoms with E-state index in [0.29, 0.717) is 12.3 Å². The molecule has 96 valence electrons. The van der Waals surface area contributed by atoms with Gasteiger partial charge in [-0.2, -0.15) is 0 Å². The maximum Gasteiger partial charge on any atom is 0.155 e. The third kappa shape index (κ3) is 2.98. The predicted molar refractivity (Wildman–Crippen MR) is 66.1 cm³/mol. The minimum Gasteiger partial charge on any atom is -0.396 e. The van der Waals surface area contributed by atoms with Gasteiger partial charge in [0.25, 0.3) is 0 Å². The Morgan fingerprint density at radius 2 is 1.69 bits per heavy atom. The summed E-state index contributed by atoms with van der Waals surface area (Å²) in [5.41, 5.74) is -0.196. The van der Waals surface area contributed by atoms with Crippen molar-refractivity contribution in [1.82, 2.24) is 0 Å². The quantitative estimate of drug-likeness (QED) is 0.809. The van der Waals surface area contributed by atoms with Gasteiger partial charge in [-0.3, -0.25) is 0 Å². The zero-order valence-corrected chi connectivity index (χ0v) is 11.6. The molecule has 0 aromatic heterocycles. The van der Waals surface area contributed by atoms with Crippen LogP contribution in [0.25, 0.3) is 0 Å². The van der Waals surface area contributed by atoms with Crippen LogP contribution in [0, 0.1) is 11.3 Å². The highest BCUT2D eigenvalue weighted by atomic mass is 32.2. The average Bonchev–Trinajstić information content (AvgIpc) is 2.96. The van der Waals surface area contributed by atoms with Gasteiger partial charge in [0.05, 0.1) is 10.5 Å². The second kappa shape index (κ2) is 4.30. The van der Waals surface area contributed by atoms with E-state index in [2.05, 4.69) is 0 Å². The van der Waals surface area contributed by atoms with Gasteiger partial charge < -0.3 is 5.11 Å². The van der Waals surface area contributed by atoms with E-state index in [4.69, 9.17) is 0 Å². The van der Waals surface area contributed by atoms with Crippen LogP contribution in [0.3, 0.4) is 0 Å². The van der Waals surface area contributed by atoms with Gasteiger partial charge in [-0.25, -0.2) is 8.42 Å². The highest BCUT2D eigenvalue weighted by Gasteiger charge is 2.42. The lowest BCUT2D eigenvalue weighted by Gasteiger charge is -2.29. The summed E-state index contributed by atoms with van der Waals surface area (Å²) in [4.78, 5) is 0. The molecule has 1 atom stereocenters. The van der Waals surface area contributed by atoms with Crippen molar-refractivity contribution in [2.75, 3.05) is 12.4 Å². The molecule has 0 spiro atoms. The van der Waals surface area contributed by atoms with Gasteiger partial charge in [0.1, 0.15) is 0 Å². The summed E-state index contributed by atoms with van der Waals surface area (Å²) in [5, 5.41) is 9.40. The van der Waals surface area contributed by atoms with E-state index < -0.39 is 14.6 Å². The Kier molecular flexibility index (Phi) is 3.75. The van der Waals surface area contributed by atoms with Gasteiger partial charge in [-0.1, -0.05) is 6.92 Å². The summed E-state index contributed by atoms with van der Waals surface area (Å²) in [7, 11) is -3.06. The first-order chi connectivity index (χ1) is 7.12. The van der Waals surface area contributed by atoms with Crippen molar-refractivity contribution >= 4 is 9.84 Å². The number of sulfone groups is 1. The molecule has 1 saturated carbocycles. The minimum absolute atomic E-state index is 0.0946.